The fraction of sp³-hybridized carbons (Fsp3) is 0.143. The average molecular weight is 533 g/mol. The zero-order chi connectivity index (χ0) is 27.6. The van der Waals surface area contributed by atoms with E-state index in [2.05, 4.69) is 0 Å². The number of Topliss-reactive ketones (excluding diaryl/α,β-unsaturated/α-hetero) is 1. The summed E-state index contributed by atoms with van der Waals surface area (Å²) < 4.78 is 15.7. The highest BCUT2D eigenvalue weighted by Crippen LogP contribution is 2.45. The van der Waals surface area contributed by atoms with Crippen LogP contribution in [0.4, 0.5) is 5.69 Å². The molecule has 10 heteroatoms. The lowest BCUT2D eigenvalue weighted by Crippen LogP contribution is -2.29. The molecule has 1 saturated heterocycles. The zero-order valence-electron chi connectivity index (χ0n) is 20.5. The number of nitrogens with zero attached hydrogens (tertiary/aromatic N) is 2. The molecule has 9 nitrogen and oxygen atoms in total. The number of hydrogen-bond acceptors (Lipinski definition) is 8. The van der Waals surface area contributed by atoms with Gasteiger partial charge in [0.2, 0.25) is 0 Å². The summed E-state index contributed by atoms with van der Waals surface area (Å²) in [6, 6.07) is 16.1. The Morgan fingerprint density at radius 2 is 1.63 bits per heavy atom. The van der Waals surface area contributed by atoms with E-state index in [1.54, 1.807) is 12.1 Å². The number of anilines is 1. The summed E-state index contributed by atoms with van der Waals surface area (Å²) >= 11 is 6.30. The molecule has 1 heterocycles. The van der Waals surface area contributed by atoms with Crippen LogP contribution in [-0.2, 0) is 14.4 Å². The van der Waals surface area contributed by atoms with Crippen LogP contribution < -0.4 is 19.1 Å². The summed E-state index contributed by atoms with van der Waals surface area (Å²) in [4.78, 5) is 39.3. The Morgan fingerprint density at radius 1 is 1.00 bits per heavy atom. The van der Waals surface area contributed by atoms with Crippen LogP contribution in [-0.4, -0.2) is 37.0 Å². The van der Waals surface area contributed by atoms with Gasteiger partial charge in [0.15, 0.2) is 0 Å². The number of aliphatic hydroxyl groups excluding tert-OH is 1. The van der Waals surface area contributed by atoms with Gasteiger partial charge in [-0.05, 0) is 48.0 Å². The number of carbonyl (C=O) groups is 3. The summed E-state index contributed by atoms with van der Waals surface area (Å²) in [6.45, 7) is 1.26. The Morgan fingerprint density at radius 3 is 2.18 bits per heavy atom. The maximum absolute atomic E-state index is 13.4. The number of methoxy groups -OCH3 is 2. The minimum absolute atomic E-state index is 0.0812. The Labute approximate surface area is 223 Å². The van der Waals surface area contributed by atoms with Gasteiger partial charge in [0.1, 0.15) is 23.0 Å². The van der Waals surface area contributed by atoms with E-state index in [1.807, 2.05) is 6.07 Å². The van der Waals surface area contributed by atoms with Crippen LogP contribution in [0.2, 0.25) is 5.02 Å². The Bertz CT molecular complexity index is 1510. The van der Waals surface area contributed by atoms with E-state index in [0.29, 0.717) is 16.8 Å². The predicted octanol–water partition coefficient (Wildman–Crippen LogP) is 4.78. The van der Waals surface area contributed by atoms with Gasteiger partial charge in [0.25, 0.3) is 11.7 Å². The van der Waals surface area contributed by atoms with Crippen LogP contribution in [0.15, 0.2) is 66.2 Å². The van der Waals surface area contributed by atoms with Crippen LogP contribution in [0.5, 0.6) is 17.2 Å². The monoisotopic (exact) mass is 532 g/mol. The summed E-state index contributed by atoms with van der Waals surface area (Å²) in [6.07, 6.45) is 0. The average Bonchev–Trinajstić information content (AvgIpc) is 3.18. The van der Waals surface area contributed by atoms with E-state index < -0.39 is 29.5 Å². The number of hydrogen-bond donors (Lipinski definition) is 1. The molecule has 4 rings (SSSR count). The van der Waals surface area contributed by atoms with Crippen molar-refractivity contribution in [3.63, 3.8) is 0 Å². The van der Waals surface area contributed by atoms with Crippen LogP contribution in [0.3, 0.4) is 0 Å². The van der Waals surface area contributed by atoms with E-state index in [9.17, 15) is 19.5 Å². The number of ketones is 1. The quantitative estimate of drug-likeness (QED) is 0.158. The number of benzene rings is 3. The molecule has 1 atom stereocenters. The molecule has 3 aromatic rings. The van der Waals surface area contributed by atoms with E-state index in [1.165, 1.54) is 74.6 Å². The van der Waals surface area contributed by atoms with Crippen molar-refractivity contribution < 1.29 is 33.7 Å². The number of esters is 1. The lowest BCUT2D eigenvalue weighted by molar-refractivity contribution is -0.132. The van der Waals surface area contributed by atoms with E-state index in [4.69, 9.17) is 31.1 Å². The fourth-order valence-electron chi connectivity index (χ4n) is 4.19. The number of aliphatic hydroxyl groups is 1. The number of rotatable bonds is 6. The molecule has 3 aromatic carbocycles. The second-order valence-corrected chi connectivity index (χ2v) is 8.58. The standard InChI is InChI=1S/C28H21ClN2O7/c1-15(32)38-19-10-6-17(7-11-19)25-24(26(33)20-12-21(29)23(37-3)13-22(20)36-2)27(34)28(35)31(25)18-8-4-16(14-30)5-9-18/h4-13,25,33H,1-3H3/b26-24+. The van der Waals surface area contributed by atoms with E-state index in [0.717, 1.165) is 0 Å². The van der Waals surface area contributed by atoms with Crippen LogP contribution in [0, 0.1) is 11.3 Å². The van der Waals surface area contributed by atoms with E-state index in [-0.39, 0.29) is 33.4 Å². The van der Waals surface area contributed by atoms with Gasteiger partial charge < -0.3 is 19.3 Å². The Hall–Kier alpha value is -4.81. The minimum atomic E-state index is -1.07. The molecule has 1 aliphatic heterocycles. The van der Waals surface area contributed by atoms with Gasteiger partial charge in [-0.25, -0.2) is 0 Å². The van der Waals surface area contributed by atoms with Crippen molar-refractivity contribution >= 4 is 40.7 Å². The molecule has 0 aliphatic carbocycles. The molecule has 192 valence electrons. The molecule has 38 heavy (non-hydrogen) atoms. The van der Waals surface area contributed by atoms with Crippen molar-refractivity contribution in [2.45, 2.75) is 13.0 Å². The first-order valence-electron chi connectivity index (χ1n) is 11.2. The zero-order valence-corrected chi connectivity index (χ0v) is 21.3. The van der Waals surface area contributed by atoms with Crippen molar-refractivity contribution in [1.82, 2.24) is 0 Å². The predicted molar refractivity (Wildman–Crippen MR) is 138 cm³/mol. The van der Waals surface area contributed by atoms with Crippen molar-refractivity contribution in [3.8, 4) is 23.3 Å². The maximum Gasteiger partial charge on any atom is 0.308 e. The van der Waals surface area contributed by atoms with Crippen molar-refractivity contribution in [1.29, 1.82) is 5.26 Å². The molecule has 1 fully saturated rings. The highest BCUT2D eigenvalue weighted by Gasteiger charge is 2.47. The third-order valence-electron chi connectivity index (χ3n) is 5.91. The van der Waals surface area contributed by atoms with Gasteiger partial charge in [0.05, 0.1) is 48.1 Å². The summed E-state index contributed by atoms with van der Waals surface area (Å²) in [5.41, 5.74) is 1.02. The SMILES string of the molecule is COc1cc(OC)c(/C(O)=C2\C(=O)C(=O)N(c3ccc(C#N)cc3)C2c2ccc(OC(C)=O)cc2)cc1Cl. The topological polar surface area (TPSA) is 126 Å². The van der Waals surface area contributed by atoms with Gasteiger partial charge in [-0.15, -0.1) is 0 Å². The number of carbonyl (C=O) groups excluding carboxylic acids is 3. The highest BCUT2D eigenvalue weighted by molar-refractivity contribution is 6.51. The second-order valence-electron chi connectivity index (χ2n) is 8.18. The molecule has 1 unspecified atom stereocenters. The second kappa shape index (κ2) is 10.7. The molecule has 1 aliphatic rings. The first-order chi connectivity index (χ1) is 18.2. The van der Waals surface area contributed by atoms with Crippen LogP contribution in [0.1, 0.15) is 29.7 Å². The molecular formula is C28H21ClN2O7. The molecular weight excluding hydrogens is 512 g/mol. The molecule has 0 spiro atoms. The van der Waals surface area contributed by atoms with Gasteiger partial charge in [-0.2, -0.15) is 5.26 Å². The van der Waals surface area contributed by atoms with Crippen LogP contribution in [0.25, 0.3) is 5.76 Å². The largest absolute Gasteiger partial charge is 0.507 e. The van der Waals surface area contributed by atoms with Crippen molar-refractivity contribution in [3.05, 3.63) is 87.9 Å². The number of ether oxygens (including phenoxy) is 3. The molecule has 0 bridgehead atoms. The number of amides is 1. The molecule has 1 N–H and O–H groups in total. The van der Waals surface area contributed by atoms with E-state index >= 15 is 0 Å². The lowest BCUT2D eigenvalue weighted by atomic mass is 9.94. The first-order valence-corrected chi connectivity index (χ1v) is 11.6. The van der Waals surface area contributed by atoms with Crippen LogP contribution >= 0.6 is 11.6 Å². The van der Waals surface area contributed by atoms with Crippen molar-refractivity contribution in [2.24, 2.45) is 0 Å². The number of nitriles is 1. The highest BCUT2D eigenvalue weighted by atomic mass is 35.5. The lowest BCUT2D eigenvalue weighted by Gasteiger charge is -2.25. The Balaban J connectivity index is 1.95. The maximum atomic E-state index is 13.4. The summed E-state index contributed by atoms with van der Waals surface area (Å²) in [5.74, 6) is -2.12. The third-order valence-corrected chi connectivity index (χ3v) is 6.20. The van der Waals surface area contributed by atoms with Crippen molar-refractivity contribution in [2.75, 3.05) is 19.1 Å². The van der Waals surface area contributed by atoms with Gasteiger partial charge in [-0.1, -0.05) is 23.7 Å². The normalized spacial score (nSPS) is 16.2. The molecule has 0 saturated carbocycles. The molecule has 0 aromatic heterocycles. The van der Waals surface area contributed by atoms with Gasteiger partial charge in [0, 0.05) is 18.7 Å². The first kappa shape index (κ1) is 26.3. The Kier molecular flexibility index (Phi) is 7.37. The van der Waals surface area contributed by atoms with Gasteiger partial charge >= 0.3 is 5.97 Å². The van der Waals surface area contributed by atoms with Gasteiger partial charge in [-0.3, -0.25) is 19.3 Å². The summed E-state index contributed by atoms with van der Waals surface area (Å²) in [5, 5.41) is 20.8. The molecule has 1 amide bonds. The summed E-state index contributed by atoms with van der Waals surface area (Å²) in [7, 11) is 2.79. The third kappa shape index (κ3) is 4.77. The number of halogens is 1. The molecule has 0 radical (unpaired) electrons. The smallest absolute Gasteiger partial charge is 0.308 e. The fourth-order valence-corrected chi connectivity index (χ4v) is 4.43. The minimum Gasteiger partial charge on any atom is -0.507 e.